The molecule has 4 rings (SSSR count). The fraction of sp³-hybridized carbons (Fsp3) is 0.0833. The van der Waals surface area contributed by atoms with E-state index >= 15 is 0 Å². The standard InChI is InChI=1S/C24H19N3O3/c1-16-13-17(2)23-21(14-16)26-24(30-23)19-8-5-10-20(15-19)25-12-6-9-18-7-3-4-11-22(18)27(28)29/h3-15H,1-2H3/b9-6+,25-12?. The molecule has 4 aromatic rings. The average Bonchev–Trinajstić information content (AvgIpc) is 3.16. The fourth-order valence-electron chi connectivity index (χ4n) is 3.29. The van der Waals surface area contributed by atoms with Gasteiger partial charge in [0.05, 0.1) is 16.2 Å². The van der Waals surface area contributed by atoms with Gasteiger partial charge < -0.3 is 4.42 Å². The molecular formula is C24H19N3O3. The minimum atomic E-state index is -0.399. The molecule has 0 fully saturated rings. The van der Waals surface area contributed by atoms with E-state index in [1.807, 2.05) is 44.2 Å². The van der Waals surface area contributed by atoms with E-state index in [2.05, 4.69) is 16.0 Å². The number of para-hydroxylation sites is 1. The summed E-state index contributed by atoms with van der Waals surface area (Å²) in [6, 6.07) is 18.2. The average molecular weight is 397 g/mol. The van der Waals surface area contributed by atoms with Gasteiger partial charge in [0.25, 0.3) is 5.69 Å². The van der Waals surface area contributed by atoms with Gasteiger partial charge in [-0.3, -0.25) is 15.1 Å². The highest BCUT2D eigenvalue weighted by Crippen LogP contribution is 2.29. The minimum absolute atomic E-state index is 0.0608. The quantitative estimate of drug-likeness (QED) is 0.220. The predicted molar refractivity (Wildman–Crippen MR) is 119 cm³/mol. The Labute approximate surface area is 173 Å². The van der Waals surface area contributed by atoms with Gasteiger partial charge in [0, 0.05) is 17.8 Å². The van der Waals surface area contributed by atoms with Crippen molar-refractivity contribution in [2.24, 2.45) is 4.99 Å². The van der Waals surface area contributed by atoms with Crippen LogP contribution in [0.15, 0.2) is 76.1 Å². The van der Waals surface area contributed by atoms with Crippen LogP contribution in [-0.4, -0.2) is 16.1 Å². The molecule has 0 saturated carbocycles. The molecule has 6 nitrogen and oxygen atoms in total. The lowest BCUT2D eigenvalue weighted by Crippen LogP contribution is -1.90. The number of nitro groups is 1. The third-order valence-electron chi connectivity index (χ3n) is 4.63. The topological polar surface area (TPSA) is 81.5 Å². The number of aliphatic imine (C=N–C) groups is 1. The van der Waals surface area contributed by atoms with Gasteiger partial charge in [-0.2, -0.15) is 0 Å². The van der Waals surface area contributed by atoms with Crippen molar-refractivity contribution in [3.05, 3.63) is 93.5 Å². The molecule has 0 N–H and O–H groups in total. The van der Waals surface area contributed by atoms with Gasteiger partial charge in [0.1, 0.15) is 5.52 Å². The second kappa shape index (κ2) is 8.13. The third-order valence-corrected chi connectivity index (χ3v) is 4.63. The number of nitro benzene ring substituents is 1. The van der Waals surface area contributed by atoms with Gasteiger partial charge in [0.15, 0.2) is 5.58 Å². The molecule has 0 spiro atoms. The van der Waals surface area contributed by atoms with Crippen LogP contribution < -0.4 is 0 Å². The zero-order valence-corrected chi connectivity index (χ0v) is 16.6. The number of rotatable bonds is 5. The molecule has 148 valence electrons. The Hall–Kier alpha value is -4.06. The van der Waals surface area contributed by atoms with Gasteiger partial charge >= 0.3 is 0 Å². The molecular weight excluding hydrogens is 378 g/mol. The number of nitrogens with zero attached hydrogens (tertiary/aromatic N) is 3. The number of allylic oxidation sites excluding steroid dienone is 1. The first-order chi connectivity index (χ1) is 14.5. The number of aryl methyl sites for hydroxylation is 2. The first kappa shape index (κ1) is 19.3. The molecule has 0 unspecified atom stereocenters. The zero-order valence-electron chi connectivity index (χ0n) is 16.6. The highest BCUT2D eigenvalue weighted by atomic mass is 16.6. The van der Waals surface area contributed by atoms with Gasteiger partial charge in [-0.1, -0.05) is 24.3 Å². The van der Waals surface area contributed by atoms with Gasteiger partial charge in [-0.15, -0.1) is 0 Å². The summed E-state index contributed by atoms with van der Waals surface area (Å²) in [5.41, 5.74) is 5.98. The van der Waals surface area contributed by atoms with E-state index in [0.29, 0.717) is 11.5 Å². The van der Waals surface area contributed by atoms with E-state index in [1.165, 1.54) is 6.07 Å². The lowest BCUT2D eigenvalue weighted by Gasteiger charge is -1.98. The number of aromatic nitrogens is 1. The predicted octanol–water partition coefficient (Wildman–Crippen LogP) is 6.44. The minimum Gasteiger partial charge on any atom is -0.436 e. The molecule has 0 radical (unpaired) electrons. The van der Waals surface area contributed by atoms with Crippen LogP contribution in [0.1, 0.15) is 16.7 Å². The molecule has 0 aliphatic heterocycles. The Bertz CT molecular complexity index is 1300. The molecule has 0 aliphatic rings. The number of oxazole rings is 1. The number of fused-ring (bicyclic) bond motifs is 1. The molecule has 3 aromatic carbocycles. The van der Waals surface area contributed by atoms with Crippen LogP contribution in [0, 0.1) is 24.0 Å². The van der Waals surface area contributed by atoms with Crippen LogP contribution in [0.25, 0.3) is 28.6 Å². The smallest absolute Gasteiger partial charge is 0.276 e. The van der Waals surface area contributed by atoms with Crippen molar-refractivity contribution in [2.75, 3.05) is 0 Å². The zero-order chi connectivity index (χ0) is 21.1. The molecule has 0 aliphatic carbocycles. The number of hydrogen-bond acceptors (Lipinski definition) is 5. The monoisotopic (exact) mass is 397 g/mol. The molecule has 6 heteroatoms. The Kier molecular flexibility index (Phi) is 5.22. The molecule has 0 atom stereocenters. The molecule has 1 aromatic heterocycles. The van der Waals surface area contributed by atoms with Gasteiger partial charge in [-0.05, 0) is 67.5 Å². The maximum Gasteiger partial charge on any atom is 0.276 e. The van der Waals surface area contributed by atoms with E-state index in [0.717, 1.165) is 33.5 Å². The van der Waals surface area contributed by atoms with Crippen molar-refractivity contribution >= 4 is 34.8 Å². The molecule has 30 heavy (non-hydrogen) atoms. The van der Waals surface area contributed by atoms with Crippen molar-refractivity contribution in [1.29, 1.82) is 0 Å². The summed E-state index contributed by atoms with van der Waals surface area (Å²) < 4.78 is 5.97. The summed E-state index contributed by atoms with van der Waals surface area (Å²) in [6.45, 7) is 4.04. The largest absolute Gasteiger partial charge is 0.436 e. The van der Waals surface area contributed by atoms with Crippen LogP contribution in [0.4, 0.5) is 11.4 Å². The van der Waals surface area contributed by atoms with Crippen molar-refractivity contribution in [2.45, 2.75) is 13.8 Å². The maximum absolute atomic E-state index is 11.1. The summed E-state index contributed by atoms with van der Waals surface area (Å²) in [4.78, 5) is 19.7. The SMILES string of the molecule is Cc1cc(C)c2oc(-c3cccc(N=C/C=C/c4ccccc4[N+](=O)[O-])c3)nc2c1. The van der Waals surface area contributed by atoms with E-state index in [1.54, 1.807) is 36.6 Å². The molecule has 1 heterocycles. The normalized spacial score (nSPS) is 11.7. The van der Waals surface area contributed by atoms with Crippen molar-refractivity contribution in [1.82, 2.24) is 4.98 Å². The van der Waals surface area contributed by atoms with E-state index in [9.17, 15) is 10.1 Å². The van der Waals surface area contributed by atoms with Crippen LogP contribution in [-0.2, 0) is 0 Å². The number of hydrogen-bond donors (Lipinski definition) is 0. The first-order valence-electron chi connectivity index (χ1n) is 9.43. The summed E-state index contributed by atoms with van der Waals surface area (Å²) in [7, 11) is 0. The Balaban J connectivity index is 1.57. The molecule has 0 bridgehead atoms. The third kappa shape index (κ3) is 4.03. The lowest BCUT2D eigenvalue weighted by molar-refractivity contribution is -0.385. The molecule has 0 saturated heterocycles. The van der Waals surface area contributed by atoms with E-state index in [-0.39, 0.29) is 5.69 Å². The Morgan fingerprint density at radius 1 is 1.07 bits per heavy atom. The second-order valence-corrected chi connectivity index (χ2v) is 6.95. The van der Waals surface area contributed by atoms with Crippen LogP contribution in [0.2, 0.25) is 0 Å². The Morgan fingerprint density at radius 3 is 2.73 bits per heavy atom. The van der Waals surface area contributed by atoms with Crippen molar-refractivity contribution in [3.63, 3.8) is 0 Å². The maximum atomic E-state index is 11.1. The van der Waals surface area contributed by atoms with E-state index in [4.69, 9.17) is 4.42 Å². The highest BCUT2D eigenvalue weighted by Gasteiger charge is 2.11. The molecule has 0 amide bonds. The van der Waals surface area contributed by atoms with E-state index < -0.39 is 4.92 Å². The van der Waals surface area contributed by atoms with Gasteiger partial charge in [0.2, 0.25) is 5.89 Å². The van der Waals surface area contributed by atoms with Crippen molar-refractivity contribution in [3.8, 4) is 11.5 Å². The fourth-order valence-corrected chi connectivity index (χ4v) is 3.29. The van der Waals surface area contributed by atoms with Gasteiger partial charge in [-0.25, -0.2) is 4.98 Å². The summed E-state index contributed by atoms with van der Waals surface area (Å²) >= 11 is 0. The number of benzene rings is 3. The van der Waals surface area contributed by atoms with Crippen LogP contribution in [0.3, 0.4) is 0 Å². The second-order valence-electron chi connectivity index (χ2n) is 6.95. The summed E-state index contributed by atoms with van der Waals surface area (Å²) in [6.07, 6.45) is 4.95. The van der Waals surface area contributed by atoms with Crippen LogP contribution in [0.5, 0.6) is 0 Å². The lowest BCUT2D eigenvalue weighted by atomic mass is 10.1. The summed E-state index contributed by atoms with van der Waals surface area (Å²) in [5, 5.41) is 11.1. The summed E-state index contributed by atoms with van der Waals surface area (Å²) in [5.74, 6) is 0.547. The highest BCUT2D eigenvalue weighted by molar-refractivity contribution is 5.83. The Morgan fingerprint density at radius 2 is 1.90 bits per heavy atom. The van der Waals surface area contributed by atoms with Crippen LogP contribution >= 0.6 is 0 Å². The first-order valence-corrected chi connectivity index (χ1v) is 9.43. The van der Waals surface area contributed by atoms with Crippen molar-refractivity contribution < 1.29 is 9.34 Å².